The lowest BCUT2D eigenvalue weighted by molar-refractivity contribution is 0.112. The Balaban J connectivity index is 3.06. The van der Waals surface area contributed by atoms with Crippen LogP contribution >= 0.6 is 11.3 Å². The van der Waals surface area contributed by atoms with Gasteiger partial charge < -0.3 is 0 Å². The molecular weight excluding hydrogens is 158 g/mol. The first-order chi connectivity index (χ1) is 5.15. The summed E-state index contributed by atoms with van der Waals surface area (Å²) in [6, 6.07) is 0. The van der Waals surface area contributed by atoms with Crippen molar-refractivity contribution >= 4 is 17.6 Å². The molecule has 1 heterocycles. The Morgan fingerprint density at radius 2 is 2.18 bits per heavy atom. The molecule has 0 radical (unpaired) electrons. The number of hydrogen-bond donors (Lipinski definition) is 0. The number of carbonyl (C=O) groups excluding carboxylic acids is 1. The Hall–Kier alpha value is -0.700. The Bertz CT molecular complexity index is 265. The van der Waals surface area contributed by atoms with Gasteiger partial charge in [-0.15, -0.1) is 11.3 Å². The molecule has 0 saturated carbocycles. The molecule has 1 aromatic rings. The van der Waals surface area contributed by atoms with Gasteiger partial charge in [0.1, 0.15) is 0 Å². The number of aromatic nitrogens is 1. The monoisotopic (exact) mass is 169 g/mol. The summed E-state index contributed by atoms with van der Waals surface area (Å²) in [5.41, 5.74) is 1.05. The maximum atomic E-state index is 10.3. The van der Waals surface area contributed by atoms with Crippen LogP contribution in [0.1, 0.15) is 40.1 Å². The largest absolute Gasteiger partial charge is 0.295 e. The summed E-state index contributed by atoms with van der Waals surface area (Å²) < 4.78 is 0. The van der Waals surface area contributed by atoms with Gasteiger partial charge in [-0.3, -0.25) is 4.79 Å². The molecule has 3 heteroatoms. The molecule has 2 nitrogen and oxygen atoms in total. The number of aryl methyl sites for hydroxylation is 1. The number of hydrogen-bond acceptors (Lipinski definition) is 3. The highest BCUT2D eigenvalue weighted by molar-refractivity contribution is 7.13. The Labute approximate surface area is 70.3 Å². The van der Waals surface area contributed by atoms with E-state index in [9.17, 15) is 4.79 Å². The molecule has 0 saturated heterocycles. The van der Waals surface area contributed by atoms with E-state index in [0.717, 1.165) is 16.9 Å². The number of nitrogens with zero attached hydrogens (tertiary/aromatic N) is 1. The maximum Gasteiger partial charge on any atom is 0.178 e. The first-order valence-corrected chi connectivity index (χ1v) is 4.39. The second-order valence-corrected chi connectivity index (χ2v) is 4.00. The predicted molar refractivity (Wildman–Crippen MR) is 46.3 cm³/mol. The third-order valence-electron chi connectivity index (χ3n) is 1.50. The summed E-state index contributed by atoms with van der Waals surface area (Å²) in [5.74, 6) is 0.417. The van der Waals surface area contributed by atoms with Crippen molar-refractivity contribution in [1.82, 2.24) is 4.98 Å². The van der Waals surface area contributed by atoms with Crippen LogP contribution in [0.2, 0.25) is 0 Å². The summed E-state index contributed by atoms with van der Waals surface area (Å²) in [6.07, 6.45) is 0.809. The van der Waals surface area contributed by atoms with Crippen LogP contribution in [-0.2, 0) is 0 Å². The van der Waals surface area contributed by atoms with E-state index in [1.54, 1.807) is 0 Å². The van der Waals surface area contributed by atoms with Gasteiger partial charge in [-0.25, -0.2) is 4.98 Å². The second kappa shape index (κ2) is 3.13. The lowest BCUT2D eigenvalue weighted by atomic mass is 10.1. The number of rotatable bonds is 2. The van der Waals surface area contributed by atoms with Crippen molar-refractivity contribution in [2.45, 2.75) is 26.7 Å². The SMILES string of the molecule is Cc1sc(C=O)nc1C(C)C. The van der Waals surface area contributed by atoms with E-state index in [1.165, 1.54) is 11.3 Å². The van der Waals surface area contributed by atoms with E-state index < -0.39 is 0 Å². The smallest absolute Gasteiger partial charge is 0.178 e. The molecule has 0 bridgehead atoms. The van der Waals surface area contributed by atoms with Crippen LogP contribution in [0.3, 0.4) is 0 Å². The average molecular weight is 169 g/mol. The van der Waals surface area contributed by atoms with Crippen molar-refractivity contribution < 1.29 is 4.79 Å². The van der Waals surface area contributed by atoms with Gasteiger partial charge in [-0.05, 0) is 12.8 Å². The lowest BCUT2D eigenvalue weighted by Gasteiger charge is -1.98. The fourth-order valence-corrected chi connectivity index (χ4v) is 1.91. The second-order valence-electron chi connectivity index (χ2n) is 2.77. The van der Waals surface area contributed by atoms with Crippen molar-refractivity contribution in [2.24, 2.45) is 0 Å². The van der Waals surface area contributed by atoms with Crippen LogP contribution in [0.5, 0.6) is 0 Å². The van der Waals surface area contributed by atoms with Crippen LogP contribution in [0.4, 0.5) is 0 Å². The van der Waals surface area contributed by atoms with Gasteiger partial charge in [0.05, 0.1) is 5.69 Å². The molecule has 0 atom stereocenters. The third-order valence-corrected chi connectivity index (χ3v) is 2.41. The fourth-order valence-electron chi connectivity index (χ4n) is 1.02. The summed E-state index contributed by atoms with van der Waals surface area (Å²) >= 11 is 1.46. The Morgan fingerprint density at radius 3 is 2.45 bits per heavy atom. The average Bonchev–Trinajstić information content (AvgIpc) is 2.30. The van der Waals surface area contributed by atoms with Gasteiger partial charge in [0.25, 0.3) is 0 Å². The molecule has 0 spiro atoms. The topological polar surface area (TPSA) is 30.0 Å². The molecule has 0 unspecified atom stereocenters. The fraction of sp³-hybridized carbons (Fsp3) is 0.500. The first-order valence-electron chi connectivity index (χ1n) is 3.57. The van der Waals surface area contributed by atoms with Crippen molar-refractivity contribution in [3.63, 3.8) is 0 Å². The van der Waals surface area contributed by atoms with Gasteiger partial charge in [0, 0.05) is 4.88 Å². The molecule has 1 rings (SSSR count). The molecule has 0 aliphatic heterocycles. The number of aldehydes is 1. The zero-order valence-electron chi connectivity index (χ0n) is 6.92. The highest BCUT2D eigenvalue weighted by Crippen LogP contribution is 2.22. The van der Waals surface area contributed by atoms with E-state index in [0.29, 0.717) is 10.9 Å². The van der Waals surface area contributed by atoms with Crippen LogP contribution in [0.25, 0.3) is 0 Å². The van der Waals surface area contributed by atoms with Crippen LogP contribution in [0, 0.1) is 6.92 Å². The third kappa shape index (κ3) is 1.66. The number of thiazole rings is 1. The van der Waals surface area contributed by atoms with Crippen LogP contribution < -0.4 is 0 Å². The zero-order valence-corrected chi connectivity index (χ0v) is 7.73. The molecule has 0 fully saturated rings. The van der Waals surface area contributed by atoms with Crippen molar-refractivity contribution in [3.05, 3.63) is 15.6 Å². The van der Waals surface area contributed by atoms with Gasteiger partial charge >= 0.3 is 0 Å². The number of carbonyl (C=O) groups is 1. The van der Waals surface area contributed by atoms with Crippen molar-refractivity contribution in [3.8, 4) is 0 Å². The van der Waals surface area contributed by atoms with E-state index in [2.05, 4.69) is 18.8 Å². The van der Waals surface area contributed by atoms with Crippen molar-refractivity contribution in [1.29, 1.82) is 0 Å². The first kappa shape index (κ1) is 8.40. The molecule has 11 heavy (non-hydrogen) atoms. The quantitative estimate of drug-likeness (QED) is 0.636. The molecule has 1 aromatic heterocycles. The van der Waals surface area contributed by atoms with Gasteiger partial charge in [-0.2, -0.15) is 0 Å². The minimum absolute atomic E-state index is 0.417. The highest BCUT2D eigenvalue weighted by Gasteiger charge is 2.09. The van der Waals surface area contributed by atoms with E-state index >= 15 is 0 Å². The molecule has 0 aliphatic rings. The molecule has 0 amide bonds. The van der Waals surface area contributed by atoms with E-state index in [1.807, 2.05) is 6.92 Å². The van der Waals surface area contributed by atoms with E-state index in [4.69, 9.17) is 0 Å². The van der Waals surface area contributed by atoms with Crippen LogP contribution in [0.15, 0.2) is 0 Å². The van der Waals surface area contributed by atoms with E-state index in [-0.39, 0.29) is 0 Å². The van der Waals surface area contributed by atoms with Gasteiger partial charge in [0.15, 0.2) is 11.3 Å². The van der Waals surface area contributed by atoms with Gasteiger partial charge in [0.2, 0.25) is 0 Å². The standard InChI is InChI=1S/C8H11NOS/c1-5(2)8-6(3)11-7(4-10)9-8/h4-5H,1-3H3. The zero-order chi connectivity index (χ0) is 8.43. The Kier molecular flexibility index (Phi) is 2.39. The summed E-state index contributed by atoms with van der Waals surface area (Å²) in [7, 11) is 0. The van der Waals surface area contributed by atoms with Crippen LogP contribution in [-0.4, -0.2) is 11.3 Å². The summed E-state index contributed by atoms with van der Waals surface area (Å²) in [4.78, 5) is 15.7. The van der Waals surface area contributed by atoms with Gasteiger partial charge in [-0.1, -0.05) is 13.8 Å². The highest BCUT2D eigenvalue weighted by atomic mass is 32.1. The predicted octanol–water partition coefficient (Wildman–Crippen LogP) is 2.39. The minimum Gasteiger partial charge on any atom is -0.295 e. The minimum atomic E-state index is 0.417. The maximum absolute atomic E-state index is 10.3. The summed E-state index contributed by atoms with van der Waals surface area (Å²) in [6.45, 7) is 6.16. The normalized spacial score (nSPS) is 10.5. The molecule has 0 aliphatic carbocycles. The molecule has 0 N–H and O–H groups in total. The lowest BCUT2D eigenvalue weighted by Crippen LogP contribution is -1.90. The molecular formula is C8H11NOS. The van der Waals surface area contributed by atoms with Crippen molar-refractivity contribution in [2.75, 3.05) is 0 Å². The molecule has 0 aromatic carbocycles. The molecule has 60 valence electrons. The summed E-state index contributed by atoms with van der Waals surface area (Å²) in [5, 5.41) is 0.589. The Morgan fingerprint density at radius 1 is 1.55 bits per heavy atom.